The van der Waals surface area contributed by atoms with Crippen molar-refractivity contribution < 1.29 is 9.47 Å². The second-order valence-corrected chi connectivity index (χ2v) is 5.95. The van der Waals surface area contributed by atoms with Crippen LogP contribution < -0.4 is 14.8 Å². The number of hydrogen-bond donors (Lipinski definition) is 1. The predicted molar refractivity (Wildman–Crippen MR) is 81.6 cm³/mol. The largest absolute Gasteiger partial charge is 0.494 e. The molecule has 2 saturated carbocycles. The maximum Gasteiger partial charge on any atom is 0.142 e. The van der Waals surface area contributed by atoms with E-state index in [0.29, 0.717) is 19.3 Å². The molecule has 1 N–H and O–H groups in total. The Balaban J connectivity index is 1.76. The fraction of sp³-hybridized carbons (Fsp3) is 0.647. The fourth-order valence-electron chi connectivity index (χ4n) is 3.78. The van der Waals surface area contributed by atoms with Crippen molar-refractivity contribution >= 4 is 5.69 Å². The van der Waals surface area contributed by atoms with Gasteiger partial charge in [-0.1, -0.05) is 6.42 Å². The highest BCUT2D eigenvalue weighted by molar-refractivity contribution is 5.60. The number of nitrogens with one attached hydrogen (secondary N) is 1. The first-order chi connectivity index (χ1) is 9.80. The maximum atomic E-state index is 5.74. The van der Waals surface area contributed by atoms with Gasteiger partial charge in [-0.25, -0.2) is 0 Å². The lowest BCUT2D eigenvalue weighted by molar-refractivity contribution is 0.331. The van der Waals surface area contributed by atoms with Crippen LogP contribution in [0.2, 0.25) is 0 Å². The van der Waals surface area contributed by atoms with Gasteiger partial charge in [-0.2, -0.15) is 0 Å². The van der Waals surface area contributed by atoms with Crippen molar-refractivity contribution in [2.24, 2.45) is 11.8 Å². The van der Waals surface area contributed by atoms with E-state index in [-0.39, 0.29) is 0 Å². The van der Waals surface area contributed by atoms with Crippen LogP contribution in [0.15, 0.2) is 18.2 Å². The van der Waals surface area contributed by atoms with Crippen LogP contribution in [0.25, 0.3) is 0 Å². The second-order valence-electron chi connectivity index (χ2n) is 5.95. The Labute approximate surface area is 121 Å². The summed E-state index contributed by atoms with van der Waals surface area (Å²) in [6.07, 6.45) is 5.54. The van der Waals surface area contributed by atoms with Gasteiger partial charge in [-0.3, -0.25) is 0 Å². The quantitative estimate of drug-likeness (QED) is 0.848. The molecule has 3 nitrogen and oxygen atoms in total. The van der Waals surface area contributed by atoms with Crippen molar-refractivity contribution in [2.45, 2.75) is 45.6 Å². The van der Waals surface area contributed by atoms with E-state index in [2.05, 4.69) is 11.4 Å². The number of benzene rings is 1. The normalized spacial score (nSPS) is 27.6. The zero-order chi connectivity index (χ0) is 13.9. The third kappa shape index (κ3) is 2.72. The molecule has 0 aromatic heterocycles. The van der Waals surface area contributed by atoms with Crippen molar-refractivity contribution in [2.75, 3.05) is 18.5 Å². The Morgan fingerprint density at radius 1 is 1.10 bits per heavy atom. The number of rotatable bonds is 6. The van der Waals surface area contributed by atoms with Gasteiger partial charge in [0, 0.05) is 12.1 Å². The van der Waals surface area contributed by atoms with Gasteiger partial charge >= 0.3 is 0 Å². The molecule has 3 atom stereocenters. The highest BCUT2D eigenvalue weighted by Gasteiger charge is 2.39. The molecule has 0 spiro atoms. The lowest BCUT2D eigenvalue weighted by atomic mass is 9.95. The Morgan fingerprint density at radius 2 is 1.95 bits per heavy atom. The molecule has 2 aliphatic rings. The molecule has 0 aliphatic heterocycles. The van der Waals surface area contributed by atoms with Gasteiger partial charge in [0.15, 0.2) is 0 Å². The lowest BCUT2D eigenvalue weighted by Gasteiger charge is -2.25. The molecule has 20 heavy (non-hydrogen) atoms. The van der Waals surface area contributed by atoms with Crippen molar-refractivity contribution in [1.82, 2.24) is 0 Å². The average Bonchev–Trinajstić information content (AvgIpc) is 3.05. The van der Waals surface area contributed by atoms with E-state index in [1.54, 1.807) is 0 Å². The summed E-state index contributed by atoms with van der Waals surface area (Å²) in [6, 6.07) is 6.70. The number of anilines is 1. The van der Waals surface area contributed by atoms with E-state index in [4.69, 9.17) is 9.47 Å². The molecule has 0 heterocycles. The van der Waals surface area contributed by atoms with Gasteiger partial charge in [-0.05, 0) is 57.1 Å². The summed E-state index contributed by atoms with van der Waals surface area (Å²) in [5, 5.41) is 3.72. The zero-order valence-electron chi connectivity index (χ0n) is 12.5. The smallest absolute Gasteiger partial charge is 0.142 e. The first-order valence-corrected chi connectivity index (χ1v) is 7.96. The second kappa shape index (κ2) is 5.94. The highest BCUT2D eigenvalue weighted by Crippen LogP contribution is 2.46. The van der Waals surface area contributed by atoms with Crippen LogP contribution in [-0.4, -0.2) is 19.3 Å². The fourth-order valence-corrected chi connectivity index (χ4v) is 3.78. The summed E-state index contributed by atoms with van der Waals surface area (Å²) in [6.45, 7) is 5.43. The first-order valence-electron chi connectivity index (χ1n) is 7.96. The SMILES string of the molecule is CCOc1ccc(OCC)c(NC2CC3CCC2C3)c1. The van der Waals surface area contributed by atoms with Crippen LogP contribution in [0.3, 0.4) is 0 Å². The van der Waals surface area contributed by atoms with Crippen LogP contribution in [0.5, 0.6) is 11.5 Å². The lowest BCUT2D eigenvalue weighted by Crippen LogP contribution is -2.26. The standard InChI is InChI=1S/C17H25NO2/c1-3-19-14-7-8-17(20-4-2)16(11-14)18-15-10-12-5-6-13(15)9-12/h7-8,11-13,15,18H,3-6,9-10H2,1-2H3. The van der Waals surface area contributed by atoms with Crippen LogP contribution in [-0.2, 0) is 0 Å². The minimum atomic E-state index is 0.616. The molecule has 0 saturated heterocycles. The Hall–Kier alpha value is -1.38. The van der Waals surface area contributed by atoms with Gasteiger partial charge in [0.25, 0.3) is 0 Å². The van der Waals surface area contributed by atoms with E-state index in [9.17, 15) is 0 Å². The molecule has 2 bridgehead atoms. The topological polar surface area (TPSA) is 30.5 Å². The summed E-state index contributed by atoms with van der Waals surface area (Å²) in [7, 11) is 0. The van der Waals surface area contributed by atoms with Gasteiger partial charge in [0.1, 0.15) is 11.5 Å². The van der Waals surface area contributed by atoms with Crippen molar-refractivity contribution in [1.29, 1.82) is 0 Å². The predicted octanol–water partition coefficient (Wildman–Crippen LogP) is 4.08. The molecule has 1 aromatic rings. The molecule has 3 unspecified atom stereocenters. The number of ether oxygens (including phenoxy) is 2. The van der Waals surface area contributed by atoms with Crippen LogP contribution in [0.1, 0.15) is 39.5 Å². The highest BCUT2D eigenvalue weighted by atomic mass is 16.5. The summed E-state index contributed by atoms with van der Waals surface area (Å²) < 4.78 is 11.4. The zero-order valence-corrected chi connectivity index (χ0v) is 12.5. The van der Waals surface area contributed by atoms with Crippen molar-refractivity contribution in [3.05, 3.63) is 18.2 Å². The van der Waals surface area contributed by atoms with Crippen molar-refractivity contribution in [3.8, 4) is 11.5 Å². The summed E-state index contributed by atoms with van der Waals surface area (Å²) in [5.41, 5.74) is 1.09. The Bertz CT molecular complexity index is 460. The molecular formula is C17H25NO2. The van der Waals surface area contributed by atoms with E-state index >= 15 is 0 Å². The summed E-state index contributed by atoms with van der Waals surface area (Å²) in [5.74, 6) is 3.66. The van der Waals surface area contributed by atoms with Crippen LogP contribution in [0.4, 0.5) is 5.69 Å². The molecule has 3 rings (SSSR count). The maximum absolute atomic E-state index is 5.74. The minimum absolute atomic E-state index is 0.616. The molecule has 0 radical (unpaired) electrons. The van der Waals surface area contributed by atoms with Gasteiger partial charge in [-0.15, -0.1) is 0 Å². The van der Waals surface area contributed by atoms with Crippen LogP contribution in [0, 0.1) is 11.8 Å². The summed E-state index contributed by atoms with van der Waals surface area (Å²) in [4.78, 5) is 0. The average molecular weight is 275 g/mol. The van der Waals surface area contributed by atoms with E-state index in [0.717, 1.165) is 29.0 Å². The molecule has 1 aromatic carbocycles. The molecule has 110 valence electrons. The van der Waals surface area contributed by atoms with Crippen LogP contribution >= 0.6 is 0 Å². The Morgan fingerprint density at radius 3 is 2.60 bits per heavy atom. The van der Waals surface area contributed by atoms with E-state index in [1.807, 2.05) is 26.0 Å². The third-order valence-electron chi connectivity index (χ3n) is 4.64. The molecule has 0 amide bonds. The minimum Gasteiger partial charge on any atom is -0.494 e. The van der Waals surface area contributed by atoms with E-state index in [1.165, 1.54) is 25.7 Å². The monoisotopic (exact) mass is 275 g/mol. The van der Waals surface area contributed by atoms with Gasteiger partial charge in [0.05, 0.1) is 18.9 Å². The molecule has 3 heteroatoms. The van der Waals surface area contributed by atoms with Crippen molar-refractivity contribution in [3.63, 3.8) is 0 Å². The Kier molecular flexibility index (Phi) is 4.04. The van der Waals surface area contributed by atoms with E-state index < -0.39 is 0 Å². The molecule has 2 fully saturated rings. The number of hydrogen-bond acceptors (Lipinski definition) is 3. The molecule has 2 aliphatic carbocycles. The van der Waals surface area contributed by atoms with Gasteiger partial charge < -0.3 is 14.8 Å². The number of fused-ring (bicyclic) bond motifs is 2. The molecular weight excluding hydrogens is 250 g/mol. The third-order valence-corrected chi connectivity index (χ3v) is 4.64. The summed E-state index contributed by atoms with van der Waals surface area (Å²) >= 11 is 0. The first kappa shape index (κ1) is 13.6. The van der Waals surface area contributed by atoms with Gasteiger partial charge in [0.2, 0.25) is 0 Å².